The van der Waals surface area contributed by atoms with E-state index in [4.69, 9.17) is 15.0 Å². The molecule has 3 heterocycles. The van der Waals surface area contributed by atoms with Crippen LogP contribution in [0.1, 0.15) is 22.3 Å². The Morgan fingerprint density at radius 2 is 0.942 bits per heavy atom. The maximum absolute atomic E-state index is 5.49. The van der Waals surface area contributed by atoms with Gasteiger partial charge in [0.25, 0.3) is 0 Å². The van der Waals surface area contributed by atoms with Gasteiger partial charge in [-0.3, -0.25) is 4.57 Å². The predicted octanol–water partition coefficient (Wildman–Crippen LogP) is 15.5. The van der Waals surface area contributed by atoms with E-state index in [1.807, 2.05) is 12.1 Å². The van der Waals surface area contributed by atoms with Gasteiger partial charge >= 0.3 is 0 Å². The lowest BCUT2D eigenvalue weighted by Crippen LogP contribution is -2.27. The molecular formula is C64H41N5. The number of aromatic nitrogens is 5. The van der Waals surface area contributed by atoms with E-state index in [1.165, 1.54) is 44.2 Å². The molecule has 0 N–H and O–H groups in total. The van der Waals surface area contributed by atoms with Gasteiger partial charge in [0.2, 0.25) is 5.95 Å². The first-order chi connectivity index (χ1) is 34.1. The highest BCUT2D eigenvalue weighted by Crippen LogP contribution is 2.64. The van der Waals surface area contributed by atoms with Crippen molar-refractivity contribution in [1.29, 1.82) is 0 Å². The highest BCUT2D eigenvalue weighted by Gasteiger charge is 2.53. The number of allylic oxidation sites excluding steroid dienone is 4. The summed E-state index contributed by atoms with van der Waals surface area (Å²) < 4.78 is 4.59. The second-order valence-electron chi connectivity index (χ2n) is 18.0. The second-order valence-corrected chi connectivity index (χ2v) is 18.0. The third kappa shape index (κ3) is 5.44. The molecule has 0 saturated carbocycles. The van der Waals surface area contributed by atoms with Crippen LogP contribution in [0.5, 0.6) is 0 Å². The van der Waals surface area contributed by atoms with Gasteiger partial charge in [-0.2, -0.15) is 9.97 Å². The van der Waals surface area contributed by atoms with Crippen LogP contribution in [-0.4, -0.2) is 24.1 Å². The normalized spacial score (nSPS) is 14.8. The fraction of sp³-hybridized carbons (Fsp3) is 0.0156. The van der Waals surface area contributed by atoms with Gasteiger partial charge in [0, 0.05) is 38.4 Å². The van der Waals surface area contributed by atoms with E-state index in [-0.39, 0.29) is 0 Å². The van der Waals surface area contributed by atoms with Gasteiger partial charge in [-0.1, -0.05) is 201 Å². The van der Waals surface area contributed by atoms with E-state index in [9.17, 15) is 0 Å². The Morgan fingerprint density at radius 1 is 0.391 bits per heavy atom. The lowest BCUT2D eigenvalue weighted by Gasteiger charge is -2.32. The fourth-order valence-corrected chi connectivity index (χ4v) is 11.8. The SMILES string of the molecule is C=CC1=C(C=C)C2(c3ccccc31)c1ccccc1-c1ccc3c(c12)c1ccccc1n3-c1nc(-c2ccc(-c3ccccc3)cc2)nc(-c2cccc(-n3c4ccccc4c4ccccc43)c2)n1. The Hall–Kier alpha value is -9.19. The fourth-order valence-electron chi connectivity index (χ4n) is 11.8. The van der Waals surface area contributed by atoms with Gasteiger partial charge in [0.1, 0.15) is 0 Å². The van der Waals surface area contributed by atoms with Gasteiger partial charge in [-0.05, 0) is 92.1 Å². The summed E-state index contributed by atoms with van der Waals surface area (Å²) in [7, 11) is 0. The van der Waals surface area contributed by atoms with Crippen LogP contribution in [0.25, 0.3) is 106 Å². The Bertz CT molecular complexity index is 4120. The third-order valence-electron chi connectivity index (χ3n) is 14.6. The molecule has 2 aliphatic rings. The van der Waals surface area contributed by atoms with Crippen LogP contribution in [0.2, 0.25) is 0 Å². The summed E-state index contributed by atoms with van der Waals surface area (Å²) in [6.07, 6.45) is 4.06. The molecule has 9 aromatic carbocycles. The summed E-state index contributed by atoms with van der Waals surface area (Å²) in [6, 6.07) is 75.8. The molecule has 1 atom stereocenters. The van der Waals surface area contributed by atoms with Crippen molar-refractivity contribution in [3.8, 4) is 56.7 Å². The Kier molecular flexibility index (Phi) is 8.43. The molecule has 0 aliphatic heterocycles. The van der Waals surface area contributed by atoms with E-state index >= 15 is 0 Å². The molecule has 1 spiro atoms. The van der Waals surface area contributed by atoms with Crippen LogP contribution in [0.3, 0.4) is 0 Å². The summed E-state index contributed by atoms with van der Waals surface area (Å²) in [5, 5.41) is 4.70. The average molecular weight is 880 g/mol. The molecule has 0 radical (unpaired) electrons. The molecule has 0 saturated heterocycles. The standard InChI is InChI=1S/C64H41N5/c1-3-45-46-23-8-13-28-53(46)64(52(45)4-2)54-29-14-9-24-47(54)50-37-38-58-59(60(50)64)51-27-12-17-32-57(51)69(58)63-66-61(42-35-33-41(34-36-42)40-19-6-5-7-20-40)65-62(67-63)43-21-18-22-44(39-43)68-55-30-15-10-25-48(55)49-26-11-16-31-56(49)68/h3-39H,1-2H2. The predicted molar refractivity (Wildman–Crippen MR) is 284 cm³/mol. The zero-order chi connectivity index (χ0) is 45.8. The Labute approximate surface area is 399 Å². The number of para-hydroxylation sites is 3. The first kappa shape index (κ1) is 39.0. The van der Waals surface area contributed by atoms with Crippen molar-refractivity contribution in [3.63, 3.8) is 0 Å². The number of hydrogen-bond donors (Lipinski definition) is 0. The summed E-state index contributed by atoms with van der Waals surface area (Å²) in [5.74, 6) is 1.71. The summed E-state index contributed by atoms with van der Waals surface area (Å²) in [5.41, 5.74) is 18.3. The smallest absolute Gasteiger partial charge is 0.238 e. The van der Waals surface area contributed by atoms with Crippen LogP contribution < -0.4 is 0 Å². The zero-order valence-electron chi connectivity index (χ0n) is 37.5. The number of rotatable bonds is 7. The summed E-state index contributed by atoms with van der Waals surface area (Å²) >= 11 is 0. The molecule has 12 aromatic rings. The van der Waals surface area contributed by atoms with Crippen molar-refractivity contribution in [2.75, 3.05) is 0 Å². The van der Waals surface area contributed by atoms with Gasteiger partial charge in [0.15, 0.2) is 11.6 Å². The molecule has 5 nitrogen and oxygen atoms in total. The van der Waals surface area contributed by atoms with E-state index in [2.05, 4.69) is 235 Å². The van der Waals surface area contributed by atoms with Gasteiger partial charge in [-0.25, -0.2) is 4.98 Å². The molecule has 3 aromatic heterocycles. The molecule has 322 valence electrons. The molecule has 69 heavy (non-hydrogen) atoms. The van der Waals surface area contributed by atoms with Crippen molar-refractivity contribution < 1.29 is 0 Å². The van der Waals surface area contributed by atoms with Crippen LogP contribution >= 0.6 is 0 Å². The second kappa shape index (κ2) is 14.9. The van der Waals surface area contributed by atoms with Crippen molar-refractivity contribution in [3.05, 3.63) is 265 Å². The van der Waals surface area contributed by atoms with Crippen LogP contribution in [0, 0.1) is 0 Å². The minimum atomic E-state index is -0.634. The zero-order valence-corrected chi connectivity index (χ0v) is 37.5. The Balaban J connectivity index is 1.04. The molecule has 0 fully saturated rings. The molecule has 5 heteroatoms. The van der Waals surface area contributed by atoms with Crippen molar-refractivity contribution in [2.45, 2.75) is 5.41 Å². The number of nitrogens with zero attached hydrogens (tertiary/aromatic N) is 5. The van der Waals surface area contributed by atoms with E-state index in [1.54, 1.807) is 0 Å². The maximum Gasteiger partial charge on any atom is 0.238 e. The lowest BCUT2D eigenvalue weighted by atomic mass is 9.68. The minimum absolute atomic E-state index is 0.540. The summed E-state index contributed by atoms with van der Waals surface area (Å²) in [4.78, 5) is 16.3. The number of hydrogen-bond acceptors (Lipinski definition) is 3. The van der Waals surface area contributed by atoms with Crippen molar-refractivity contribution >= 4 is 49.2 Å². The average Bonchev–Trinajstić information content (AvgIpc) is 4.12. The molecule has 14 rings (SSSR count). The Morgan fingerprint density at radius 3 is 1.64 bits per heavy atom. The third-order valence-corrected chi connectivity index (χ3v) is 14.6. The van der Waals surface area contributed by atoms with Crippen molar-refractivity contribution in [2.24, 2.45) is 0 Å². The maximum atomic E-state index is 5.49. The minimum Gasteiger partial charge on any atom is -0.309 e. The first-order valence-electron chi connectivity index (χ1n) is 23.4. The lowest BCUT2D eigenvalue weighted by molar-refractivity contribution is 0.794. The van der Waals surface area contributed by atoms with Gasteiger partial charge in [0.05, 0.1) is 27.5 Å². The van der Waals surface area contributed by atoms with Gasteiger partial charge < -0.3 is 4.57 Å². The van der Waals surface area contributed by atoms with Gasteiger partial charge in [-0.15, -0.1) is 0 Å². The number of fused-ring (bicyclic) bond motifs is 14. The van der Waals surface area contributed by atoms with E-state index in [0.29, 0.717) is 17.6 Å². The van der Waals surface area contributed by atoms with E-state index in [0.717, 1.165) is 71.9 Å². The molecule has 2 aliphatic carbocycles. The first-order valence-corrected chi connectivity index (χ1v) is 23.4. The topological polar surface area (TPSA) is 48.5 Å². The highest BCUT2D eigenvalue weighted by molar-refractivity contribution is 6.16. The molecule has 1 unspecified atom stereocenters. The molecule has 0 amide bonds. The van der Waals surface area contributed by atoms with Crippen LogP contribution in [0.4, 0.5) is 0 Å². The van der Waals surface area contributed by atoms with Crippen LogP contribution in [0.15, 0.2) is 243 Å². The molecular weight excluding hydrogens is 839 g/mol. The highest BCUT2D eigenvalue weighted by atomic mass is 15.2. The quantitative estimate of drug-likeness (QED) is 0.160. The van der Waals surface area contributed by atoms with Crippen molar-refractivity contribution in [1.82, 2.24) is 24.1 Å². The molecule has 0 bridgehead atoms. The largest absolute Gasteiger partial charge is 0.309 e. The van der Waals surface area contributed by atoms with E-state index < -0.39 is 5.41 Å². The van der Waals surface area contributed by atoms with Crippen LogP contribution in [-0.2, 0) is 5.41 Å². The number of benzene rings is 9. The summed E-state index contributed by atoms with van der Waals surface area (Å²) in [6.45, 7) is 8.86. The monoisotopic (exact) mass is 879 g/mol.